The number of halogens is 1. The topological polar surface area (TPSA) is 37.3 Å². The van der Waals surface area contributed by atoms with Gasteiger partial charge in [0.05, 0.1) is 5.41 Å². The van der Waals surface area contributed by atoms with Crippen molar-refractivity contribution in [3.63, 3.8) is 0 Å². The van der Waals surface area contributed by atoms with Crippen molar-refractivity contribution in [2.24, 2.45) is 16.7 Å². The molecule has 0 aromatic carbocycles. The Hall–Kier alpha value is 0.200. The van der Waals surface area contributed by atoms with Gasteiger partial charge in [-0.25, -0.2) is 0 Å². The standard InChI is InChI=1S/C14H27IO2/c1-6-14(7-2,12(16)17)11(9-8-10-15)13(3,4)5/h11H,6-10H2,1-5H3,(H,16,17). The monoisotopic (exact) mass is 354 g/mol. The summed E-state index contributed by atoms with van der Waals surface area (Å²) in [6, 6.07) is 0. The molecule has 0 fully saturated rings. The average molecular weight is 354 g/mol. The van der Waals surface area contributed by atoms with Crippen molar-refractivity contribution in [3.8, 4) is 0 Å². The zero-order valence-corrected chi connectivity index (χ0v) is 14.0. The summed E-state index contributed by atoms with van der Waals surface area (Å²) in [6.07, 6.45) is 3.57. The second-order valence-corrected chi connectivity index (χ2v) is 7.00. The molecule has 0 bridgehead atoms. The SMILES string of the molecule is CCC(CC)(C(=O)O)C(CCCI)C(C)(C)C. The Morgan fingerprint density at radius 1 is 1.24 bits per heavy atom. The molecule has 0 saturated heterocycles. The first-order chi connectivity index (χ1) is 7.76. The van der Waals surface area contributed by atoms with Crippen LogP contribution in [0.25, 0.3) is 0 Å². The summed E-state index contributed by atoms with van der Waals surface area (Å²) < 4.78 is 1.10. The Bertz CT molecular complexity index is 239. The normalized spacial score (nSPS) is 14.7. The number of hydrogen-bond donors (Lipinski definition) is 1. The first-order valence-electron chi connectivity index (χ1n) is 6.55. The molecule has 0 amide bonds. The molecule has 0 aromatic rings. The first kappa shape index (κ1) is 17.2. The summed E-state index contributed by atoms with van der Waals surface area (Å²) in [5.41, 5.74) is -0.500. The Morgan fingerprint density at radius 2 is 1.71 bits per heavy atom. The average Bonchev–Trinajstić information content (AvgIpc) is 2.22. The second-order valence-electron chi connectivity index (χ2n) is 5.92. The van der Waals surface area contributed by atoms with E-state index in [1.807, 2.05) is 13.8 Å². The summed E-state index contributed by atoms with van der Waals surface area (Å²) in [5, 5.41) is 9.65. The van der Waals surface area contributed by atoms with Gasteiger partial charge in [-0.15, -0.1) is 0 Å². The van der Waals surface area contributed by atoms with Crippen molar-refractivity contribution in [1.29, 1.82) is 0 Å². The lowest BCUT2D eigenvalue weighted by atomic mass is 9.60. The molecule has 0 heterocycles. The highest BCUT2D eigenvalue weighted by Crippen LogP contribution is 2.47. The molecular formula is C14H27IO2. The Kier molecular flexibility index (Phi) is 7.04. The second kappa shape index (κ2) is 6.95. The van der Waals surface area contributed by atoms with Gasteiger partial charge in [0.15, 0.2) is 0 Å². The van der Waals surface area contributed by atoms with Gasteiger partial charge in [-0.2, -0.15) is 0 Å². The highest BCUT2D eigenvalue weighted by atomic mass is 127. The number of aliphatic carboxylic acids is 1. The molecule has 17 heavy (non-hydrogen) atoms. The Balaban J connectivity index is 5.29. The molecule has 1 atom stereocenters. The van der Waals surface area contributed by atoms with E-state index in [0.717, 1.165) is 30.1 Å². The molecule has 0 aromatic heterocycles. The fourth-order valence-corrected chi connectivity index (χ4v) is 3.45. The van der Waals surface area contributed by atoms with Crippen molar-refractivity contribution in [2.75, 3.05) is 4.43 Å². The fourth-order valence-electron chi connectivity index (χ4n) is 3.01. The minimum atomic E-state index is -0.615. The van der Waals surface area contributed by atoms with E-state index in [2.05, 4.69) is 43.4 Å². The highest BCUT2D eigenvalue weighted by molar-refractivity contribution is 14.1. The third-order valence-corrected chi connectivity index (χ3v) is 4.79. The molecule has 0 saturated carbocycles. The van der Waals surface area contributed by atoms with Crippen LogP contribution in [0, 0.1) is 16.7 Å². The van der Waals surface area contributed by atoms with Crippen LogP contribution in [0.3, 0.4) is 0 Å². The van der Waals surface area contributed by atoms with Crippen LogP contribution in [0.15, 0.2) is 0 Å². The third kappa shape index (κ3) is 4.11. The zero-order valence-electron chi connectivity index (χ0n) is 11.8. The maximum Gasteiger partial charge on any atom is 0.309 e. The van der Waals surface area contributed by atoms with Gasteiger partial charge in [-0.05, 0) is 41.4 Å². The van der Waals surface area contributed by atoms with Crippen LogP contribution in [0.5, 0.6) is 0 Å². The zero-order chi connectivity index (χ0) is 13.7. The quantitative estimate of drug-likeness (QED) is 0.529. The summed E-state index contributed by atoms with van der Waals surface area (Å²) in [7, 11) is 0. The maximum absolute atomic E-state index is 11.7. The van der Waals surface area contributed by atoms with Crippen LogP contribution in [-0.2, 0) is 4.79 Å². The minimum Gasteiger partial charge on any atom is -0.481 e. The first-order valence-corrected chi connectivity index (χ1v) is 8.08. The number of carboxylic acids is 1. The lowest BCUT2D eigenvalue weighted by Gasteiger charge is -2.44. The van der Waals surface area contributed by atoms with Gasteiger partial charge in [-0.1, -0.05) is 57.2 Å². The van der Waals surface area contributed by atoms with Crippen LogP contribution < -0.4 is 0 Å². The maximum atomic E-state index is 11.7. The Labute approximate surface area is 120 Å². The molecule has 1 unspecified atom stereocenters. The predicted molar refractivity (Wildman–Crippen MR) is 81.7 cm³/mol. The van der Waals surface area contributed by atoms with Crippen LogP contribution in [0.4, 0.5) is 0 Å². The molecule has 3 heteroatoms. The smallest absolute Gasteiger partial charge is 0.309 e. The molecular weight excluding hydrogens is 327 g/mol. The van der Waals surface area contributed by atoms with Gasteiger partial charge < -0.3 is 5.11 Å². The van der Waals surface area contributed by atoms with Gasteiger partial charge in [-0.3, -0.25) is 4.79 Å². The summed E-state index contributed by atoms with van der Waals surface area (Å²) >= 11 is 2.37. The van der Waals surface area contributed by atoms with Gasteiger partial charge in [0.1, 0.15) is 0 Å². The van der Waals surface area contributed by atoms with E-state index >= 15 is 0 Å². The van der Waals surface area contributed by atoms with Gasteiger partial charge in [0, 0.05) is 0 Å². The van der Waals surface area contributed by atoms with E-state index in [0.29, 0.717) is 0 Å². The van der Waals surface area contributed by atoms with Crippen LogP contribution in [0.1, 0.15) is 60.3 Å². The number of carboxylic acid groups (broad SMARTS) is 1. The molecule has 0 radical (unpaired) electrons. The van der Waals surface area contributed by atoms with E-state index < -0.39 is 11.4 Å². The van der Waals surface area contributed by atoms with Crippen molar-refractivity contribution < 1.29 is 9.90 Å². The summed E-state index contributed by atoms with van der Waals surface area (Å²) in [5.74, 6) is -0.367. The fraction of sp³-hybridized carbons (Fsp3) is 0.929. The van der Waals surface area contributed by atoms with E-state index in [1.165, 1.54) is 0 Å². The molecule has 0 aliphatic rings. The summed E-state index contributed by atoms with van der Waals surface area (Å²) in [6.45, 7) is 10.6. The molecule has 0 aliphatic heterocycles. The highest BCUT2D eigenvalue weighted by Gasteiger charge is 2.47. The Morgan fingerprint density at radius 3 is 1.94 bits per heavy atom. The molecule has 1 N–H and O–H groups in total. The molecule has 0 aliphatic carbocycles. The number of carbonyl (C=O) groups is 1. The lowest BCUT2D eigenvalue weighted by molar-refractivity contribution is -0.157. The third-order valence-electron chi connectivity index (χ3n) is 4.03. The van der Waals surface area contributed by atoms with E-state index in [4.69, 9.17) is 0 Å². The van der Waals surface area contributed by atoms with Crippen LogP contribution in [0.2, 0.25) is 0 Å². The van der Waals surface area contributed by atoms with Gasteiger partial charge in [0.2, 0.25) is 0 Å². The lowest BCUT2D eigenvalue weighted by Crippen LogP contribution is -2.44. The van der Waals surface area contributed by atoms with E-state index in [-0.39, 0.29) is 11.3 Å². The van der Waals surface area contributed by atoms with Crippen molar-refractivity contribution in [1.82, 2.24) is 0 Å². The molecule has 0 spiro atoms. The summed E-state index contributed by atoms with van der Waals surface area (Å²) in [4.78, 5) is 11.7. The van der Waals surface area contributed by atoms with Crippen LogP contribution >= 0.6 is 22.6 Å². The van der Waals surface area contributed by atoms with Crippen molar-refractivity contribution in [3.05, 3.63) is 0 Å². The molecule has 102 valence electrons. The molecule has 0 rings (SSSR count). The molecule has 2 nitrogen and oxygen atoms in total. The van der Waals surface area contributed by atoms with Crippen LogP contribution in [-0.4, -0.2) is 15.5 Å². The van der Waals surface area contributed by atoms with E-state index in [1.54, 1.807) is 0 Å². The van der Waals surface area contributed by atoms with Gasteiger partial charge >= 0.3 is 5.97 Å². The predicted octanol–water partition coefficient (Wildman–Crippen LogP) is 4.75. The van der Waals surface area contributed by atoms with Gasteiger partial charge in [0.25, 0.3) is 0 Å². The van der Waals surface area contributed by atoms with Crippen molar-refractivity contribution in [2.45, 2.75) is 60.3 Å². The minimum absolute atomic E-state index is 0.0518. The van der Waals surface area contributed by atoms with Crippen molar-refractivity contribution >= 4 is 28.6 Å². The number of hydrogen-bond acceptors (Lipinski definition) is 1. The number of rotatable bonds is 7. The number of alkyl halides is 1. The van der Waals surface area contributed by atoms with E-state index in [9.17, 15) is 9.90 Å². The largest absolute Gasteiger partial charge is 0.481 e.